The zero-order chi connectivity index (χ0) is 17.3. The maximum atomic E-state index is 11.6. The number of esters is 2. The van der Waals surface area contributed by atoms with Crippen LogP contribution in [0.15, 0.2) is 0 Å². The van der Waals surface area contributed by atoms with Gasteiger partial charge in [-0.1, -0.05) is 6.92 Å². The quantitative estimate of drug-likeness (QED) is 0.366. The number of carbonyl (C=O) groups is 2. The van der Waals surface area contributed by atoms with Gasteiger partial charge in [0.15, 0.2) is 0 Å². The molecule has 0 aromatic rings. The maximum Gasteiger partial charge on any atom is 0.307 e. The minimum absolute atomic E-state index is 0.161. The monoisotopic (exact) mass is 331 g/mol. The van der Waals surface area contributed by atoms with Gasteiger partial charge in [-0.3, -0.25) is 9.59 Å². The van der Waals surface area contributed by atoms with Gasteiger partial charge in [0.2, 0.25) is 0 Å². The summed E-state index contributed by atoms with van der Waals surface area (Å²) in [6.45, 7) is 4.57. The minimum Gasteiger partial charge on any atom is -0.466 e. The third kappa shape index (κ3) is 15.5. The molecule has 1 N–H and O–H groups in total. The third-order valence-corrected chi connectivity index (χ3v) is 3.41. The van der Waals surface area contributed by atoms with Crippen molar-refractivity contribution in [3.63, 3.8) is 0 Å². The number of carbonyl (C=O) groups excluding carboxylic acids is 2. The summed E-state index contributed by atoms with van der Waals surface area (Å²) >= 11 is 0. The van der Waals surface area contributed by atoms with Crippen molar-refractivity contribution >= 4 is 11.9 Å². The van der Waals surface area contributed by atoms with E-state index in [9.17, 15) is 9.59 Å². The van der Waals surface area contributed by atoms with Crippen molar-refractivity contribution in [2.75, 3.05) is 40.0 Å². The molecule has 6 nitrogen and oxygen atoms in total. The molecule has 0 radical (unpaired) electrons. The predicted molar refractivity (Wildman–Crippen MR) is 89.1 cm³/mol. The zero-order valence-corrected chi connectivity index (χ0v) is 14.7. The predicted octanol–water partition coefficient (Wildman–Crippen LogP) is 2.14. The Labute approximate surface area is 140 Å². The Morgan fingerprint density at radius 1 is 0.870 bits per heavy atom. The van der Waals surface area contributed by atoms with E-state index in [2.05, 4.69) is 4.90 Å². The standard InChI is InChI=1S/C17H33NO5/c1-3-9-16(20)22-14-7-8-15-23-17(21)10-12-18(2)11-5-4-6-13-19/h19H,3-15H2,1-2H3. The molecule has 0 atom stereocenters. The fourth-order valence-corrected chi connectivity index (χ4v) is 1.99. The lowest BCUT2D eigenvalue weighted by atomic mass is 10.2. The van der Waals surface area contributed by atoms with Gasteiger partial charge < -0.3 is 19.5 Å². The Kier molecular flexibility index (Phi) is 15.0. The molecule has 0 unspecified atom stereocenters. The van der Waals surface area contributed by atoms with Gasteiger partial charge in [0.25, 0.3) is 0 Å². The largest absolute Gasteiger partial charge is 0.466 e. The van der Waals surface area contributed by atoms with Gasteiger partial charge in [-0.2, -0.15) is 0 Å². The van der Waals surface area contributed by atoms with Crippen LogP contribution in [0.2, 0.25) is 0 Å². The second kappa shape index (κ2) is 15.7. The number of aliphatic hydroxyl groups excluding tert-OH is 1. The molecule has 0 saturated heterocycles. The molecular weight excluding hydrogens is 298 g/mol. The summed E-state index contributed by atoms with van der Waals surface area (Å²) in [7, 11) is 1.98. The maximum absolute atomic E-state index is 11.6. The first kappa shape index (κ1) is 21.9. The third-order valence-electron chi connectivity index (χ3n) is 3.41. The van der Waals surface area contributed by atoms with E-state index < -0.39 is 0 Å². The van der Waals surface area contributed by atoms with Gasteiger partial charge in [0.05, 0.1) is 19.6 Å². The second-order valence-electron chi connectivity index (χ2n) is 5.74. The first-order chi connectivity index (χ1) is 11.1. The number of unbranched alkanes of at least 4 members (excludes halogenated alkanes) is 3. The number of hydrogen-bond donors (Lipinski definition) is 1. The van der Waals surface area contributed by atoms with E-state index in [0.29, 0.717) is 45.4 Å². The van der Waals surface area contributed by atoms with Crippen molar-refractivity contribution in [2.45, 2.75) is 58.3 Å². The summed E-state index contributed by atoms with van der Waals surface area (Å²) in [6.07, 6.45) is 5.95. The fourth-order valence-electron chi connectivity index (χ4n) is 1.99. The van der Waals surface area contributed by atoms with E-state index in [-0.39, 0.29) is 18.5 Å². The summed E-state index contributed by atoms with van der Waals surface area (Å²) in [5, 5.41) is 8.70. The van der Waals surface area contributed by atoms with Gasteiger partial charge in [-0.15, -0.1) is 0 Å². The van der Waals surface area contributed by atoms with Gasteiger partial charge >= 0.3 is 11.9 Å². The SMILES string of the molecule is CCCC(=O)OCCCCOC(=O)CCN(C)CCCCCO. The number of ether oxygens (including phenoxy) is 2. The molecular formula is C17H33NO5. The molecule has 6 heteroatoms. The van der Waals surface area contributed by atoms with Crippen molar-refractivity contribution in [1.29, 1.82) is 0 Å². The minimum atomic E-state index is -0.185. The summed E-state index contributed by atoms with van der Waals surface area (Å²) < 4.78 is 10.2. The highest BCUT2D eigenvalue weighted by Gasteiger charge is 2.06. The first-order valence-electron chi connectivity index (χ1n) is 8.70. The van der Waals surface area contributed by atoms with Crippen molar-refractivity contribution in [2.24, 2.45) is 0 Å². The lowest BCUT2D eigenvalue weighted by molar-refractivity contribution is -0.146. The highest BCUT2D eigenvalue weighted by Crippen LogP contribution is 2.00. The Bertz CT molecular complexity index is 309. The van der Waals surface area contributed by atoms with Crippen LogP contribution in [0.25, 0.3) is 0 Å². The average molecular weight is 331 g/mol. The number of rotatable bonds is 15. The van der Waals surface area contributed by atoms with E-state index in [1.165, 1.54) is 0 Å². The van der Waals surface area contributed by atoms with Crippen molar-refractivity contribution in [3.8, 4) is 0 Å². The smallest absolute Gasteiger partial charge is 0.307 e. The summed E-state index contributed by atoms with van der Waals surface area (Å²) in [6, 6.07) is 0. The molecule has 0 bridgehead atoms. The van der Waals surface area contributed by atoms with E-state index >= 15 is 0 Å². The molecule has 0 aliphatic rings. The van der Waals surface area contributed by atoms with Gasteiger partial charge in [-0.05, 0) is 52.1 Å². The van der Waals surface area contributed by atoms with Crippen molar-refractivity contribution < 1.29 is 24.2 Å². The fraction of sp³-hybridized carbons (Fsp3) is 0.882. The second-order valence-corrected chi connectivity index (χ2v) is 5.74. The van der Waals surface area contributed by atoms with Gasteiger partial charge in [-0.25, -0.2) is 0 Å². The van der Waals surface area contributed by atoms with E-state index in [4.69, 9.17) is 14.6 Å². The van der Waals surface area contributed by atoms with Gasteiger partial charge in [0, 0.05) is 19.6 Å². The molecule has 0 aliphatic heterocycles. The molecule has 136 valence electrons. The lowest BCUT2D eigenvalue weighted by Crippen LogP contribution is -2.24. The normalized spacial score (nSPS) is 10.8. The summed E-state index contributed by atoms with van der Waals surface area (Å²) in [5.41, 5.74) is 0. The van der Waals surface area contributed by atoms with Crippen molar-refractivity contribution in [1.82, 2.24) is 4.90 Å². The van der Waals surface area contributed by atoms with E-state index in [1.54, 1.807) is 0 Å². The molecule has 0 fully saturated rings. The topological polar surface area (TPSA) is 76.1 Å². The first-order valence-corrected chi connectivity index (χ1v) is 8.70. The van der Waals surface area contributed by atoms with Crippen LogP contribution >= 0.6 is 0 Å². The molecule has 0 heterocycles. The molecule has 23 heavy (non-hydrogen) atoms. The molecule has 0 saturated carbocycles. The van der Waals surface area contributed by atoms with Gasteiger partial charge in [0.1, 0.15) is 0 Å². The Hall–Kier alpha value is -1.14. The van der Waals surface area contributed by atoms with Crippen LogP contribution in [-0.2, 0) is 19.1 Å². The van der Waals surface area contributed by atoms with Crippen molar-refractivity contribution in [3.05, 3.63) is 0 Å². The number of nitrogens with zero attached hydrogens (tertiary/aromatic N) is 1. The number of aliphatic hydroxyl groups is 1. The molecule has 0 spiro atoms. The molecule has 0 amide bonds. The average Bonchev–Trinajstić information content (AvgIpc) is 2.53. The van der Waals surface area contributed by atoms with Crippen LogP contribution in [0.5, 0.6) is 0 Å². The van der Waals surface area contributed by atoms with Crippen LogP contribution < -0.4 is 0 Å². The van der Waals surface area contributed by atoms with Crippen LogP contribution in [-0.4, -0.2) is 61.9 Å². The Morgan fingerprint density at radius 2 is 1.48 bits per heavy atom. The highest BCUT2D eigenvalue weighted by molar-refractivity contribution is 5.69. The summed E-state index contributed by atoms with van der Waals surface area (Å²) in [4.78, 5) is 24.8. The molecule has 0 aliphatic carbocycles. The zero-order valence-electron chi connectivity index (χ0n) is 14.7. The lowest BCUT2D eigenvalue weighted by Gasteiger charge is -2.15. The Balaban J connectivity index is 3.41. The summed E-state index contributed by atoms with van der Waals surface area (Å²) in [5.74, 6) is -0.346. The van der Waals surface area contributed by atoms with Crippen LogP contribution in [0, 0.1) is 0 Å². The van der Waals surface area contributed by atoms with E-state index in [1.807, 2.05) is 14.0 Å². The van der Waals surface area contributed by atoms with Crippen LogP contribution in [0.3, 0.4) is 0 Å². The molecule has 0 aromatic carbocycles. The van der Waals surface area contributed by atoms with Crippen LogP contribution in [0.4, 0.5) is 0 Å². The number of hydrogen-bond acceptors (Lipinski definition) is 6. The molecule has 0 aromatic heterocycles. The van der Waals surface area contributed by atoms with E-state index in [0.717, 1.165) is 32.2 Å². The molecule has 0 rings (SSSR count). The van der Waals surface area contributed by atoms with Crippen LogP contribution in [0.1, 0.15) is 58.3 Å². The highest BCUT2D eigenvalue weighted by atomic mass is 16.5. The Morgan fingerprint density at radius 3 is 2.04 bits per heavy atom.